The maximum atomic E-state index is 12.7. The van der Waals surface area contributed by atoms with Gasteiger partial charge in [-0.2, -0.15) is 0 Å². The molecule has 162 valence electrons. The maximum absolute atomic E-state index is 12.7. The van der Waals surface area contributed by atoms with Crippen LogP contribution in [0.5, 0.6) is 5.75 Å². The van der Waals surface area contributed by atoms with Crippen LogP contribution in [0.15, 0.2) is 54.3 Å². The summed E-state index contributed by atoms with van der Waals surface area (Å²) in [6.45, 7) is 0.461. The summed E-state index contributed by atoms with van der Waals surface area (Å²) in [5, 5.41) is 6.62. The first-order valence-corrected chi connectivity index (χ1v) is 10.7. The molecule has 3 unspecified atom stereocenters. The molecule has 7 heteroatoms. The lowest BCUT2D eigenvalue weighted by Crippen LogP contribution is -2.54. The zero-order valence-corrected chi connectivity index (χ0v) is 18.0. The lowest BCUT2D eigenvalue weighted by molar-refractivity contribution is -0.134. The van der Waals surface area contributed by atoms with Gasteiger partial charge < -0.3 is 20.1 Å². The molecule has 2 aliphatic rings. The van der Waals surface area contributed by atoms with Crippen LogP contribution in [0.3, 0.4) is 0 Å². The minimum absolute atomic E-state index is 0.00350. The lowest BCUT2D eigenvalue weighted by Gasteiger charge is -2.39. The van der Waals surface area contributed by atoms with E-state index in [4.69, 9.17) is 21.1 Å². The molecule has 3 atom stereocenters. The Balaban J connectivity index is 1.33. The number of methoxy groups -OCH3 is 1. The zero-order valence-electron chi connectivity index (χ0n) is 17.3. The first kappa shape index (κ1) is 21.2. The van der Waals surface area contributed by atoms with Crippen LogP contribution in [0.1, 0.15) is 30.4 Å². The van der Waals surface area contributed by atoms with Crippen molar-refractivity contribution >= 4 is 29.5 Å². The van der Waals surface area contributed by atoms with Crippen molar-refractivity contribution < 1.29 is 19.1 Å². The van der Waals surface area contributed by atoms with E-state index in [0.29, 0.717) is 24.4 Å². The van der Waals surface area contributed by atoms with Gasteiger partial charge >= 0.3 is 0 Å². The van der Waals surface area contributed by atoms with Gasteiger partial charge in [-0.1, -0.05) is 35.9 Å². The van der Waals surface area contributed by atoms with Gasteiger partial charge in [0.1, 0.15) is 11.9 Å². The van der Waals surface area contributed by atoms with Crippen molar-refractivity contribution in [1.82, 2.24) is 10.6 Å². The van der Waals surface area contributed by atoms with E-state index < -0.39 is 0 Å². The topological polar surface area (TPSA) is 76.7 Å². The molecular weight excluding hydrogens is 416 g/mol. The van der Waals surface area contributed by atoms with E-state index >= 15 is 0 Å². The summed E-state index contributed by atoms with van der Waals surface area (Å²) in [6, 6.07) is 14.7. The number of nitrogens with one attached hydrogen (secondary N) is 2. The highest BCUT2D eigenvalue weighted by Gasteiger charge is 2.40. The molecule has 1 aliphatic carbocycles. The highest BCUT2D eigenvalue weighted by molar-refractivity contribution is 6.30. The third-order valence-corrected chi connectivity index (χ3v) is 5.98. The van der Waals surface area contributed by atoms with E-state index in [9.17, 15) is 9.59 Å². The molecule has 2 amide bonds. The van der Waals surface area contributed by atoms with Crippen molar-refractivity contribution in [3.63, 3.8) is 0 Å². The second kappa shape index (κ2) is 9.43. The van der Waals surface area contributed by atoms with Crippen molar-refractivity contribution in [2.75, 3.05) is 7.11 Å². The quantitative estimate of drug-likeness (QED) is 0.695. The normalized spacial score (nSPS) is 24.0. The fraction of sp³-hybridized carbons (Fsp3) is 0.333. The number of carbonyl (C=O) groups is 2. The average Bonchev–Trinajstić information content (AvgIpc) is 2.78. The number of carbonyl (C=O) groups excluding carboxylic acids is 2. The highest BCUT2D eigenvalue weighted by atomic mass is 35.5. The Labute approximate surface area is 186 Å². The van der Waals surface area contributed by atoms with Crippen LogP contribution in [0.4, 0.5) is 0 Å². The molecule has 31 heavy (non-hydrogen) atoms. The van der Waals surface area contributed by atoms with E-state index in [1.54, 1.807) is 25.3 Å². The first-order chi connectivity index (χ1) is 15.0. The number of halogens is 1. The number of morpholine rings is 1. The molecule has 1 heterocycles. The maximum Gasteiger partial charge on any atom is 0.286 e. The van der Waals surface area contributed by atoms with Gasteiger partial charge in [0.15, 0.2) is 5.76 Å². The second-order valence-electron chi connectivity index (χ2n) is 7.88. The van der Waals surface area contributed by atoms with Gasteiger partial charge in [0.2, 0.25) is 5.91 Å². The Morgan fingerprint density at radius 3 is 2.81 bits per heavy atom. The Morgan fingerprint density at radius 2 is 2.06 bits per heavy atom. The summed E-state index contributed by atoms with van der Waals surface area (Å²) in [5.41, 5.74) is 1.82. The molecule has 4 rings (SSSR count). The standard InChI is InChI=1S/C24H25ClN2O4/c1-30-19-8-5-15(6-9-19)14-26-23(28)17-7-10-21-20(13-17)27-24(29)22(31-21)12-16-3-2-4-18(25)11-16/h2-6,8-9,11-12,17,20-21H,7,10,13-14H2,1H3,(H,26,28)(H,27,29)/b22-12-. The molecular formula is C24H25ClN2O4. The Kier molecular flexibility index (Phi) is 6.47. The molecule has 6 nitrogen and oxygen atoms in total. The minimum Gasteiger partial charge on any atom is -0.497 e. The van der Waals surface area contributed by atoms with Gasteiger partial charge in [-0.05, 0) is 60.7 Å². The van der Waals surface area contributed by atoms with Crippen molar-refractivity contribution in [2.45, 2.75) is 38.0 Å². The molecule has 2 aromatic carbocycles. The van der Waals surface area contributed by atoms with Crippen molar-refractivity contribution in [3.8, 4) is 5.75 Å². The van der Waals surface area contributed by atoms with Crippen LogP contribution >= 0.6 is 11.6 Å². The van der Waals surface area contributed by atoms with E-state index in [1.807, 2.05) is 36.4 Å². The summed E-state index contributed by atoms with van der Waals surface area (Å²) in [6.07, 6.45) is 3.56. The summed E-state index contributed by atoms with van der Waals surface area (Å²) < 4.78 is 11.1. The summed E-state index contributed by atoms with van der Waals surface area (Å²) >= 11 is 6.02. The minimum atomic E-state index is -0.263. The van der Waals surface area contributed by atoms with Crippen LogP contribution < -0.4 is 15.4 Å². The monoisotopic (exact) mass is 440 g/mol. The van der Waals surface area contributed by atoms with Gasteiger partial charge in [-0.15, -0.1) is 0 Å². The number of hydrogen-bond donors (Lipinski definition) is 2. The Hall–Kier alpha value is -2.99. The summed E-state index contributed by atoms with van der Waals surface area (Å²) in [5.74, 6) is 0.655. The summed E-state index contributed by atoms with van der Waals surface area (Å²) in [7, 11) is 1.62. The van der Waals surface area contributed by atoms with Gasteiger partial charge in [0, 0.05) is 17.5 Å². The van der Waals surface area contributed by atoms with Crippen LogP contribution in [-0.4, -0.2) is 31.1 Å². The molecule has 2 aromatic rings. The van der Waals surface area contributed by atoms with Crippen LogP contribution in [0.25, 0.3) is 6.08 Å². The third-order valence-electron chi connectivity index (χ3n) is 5.75. The molecule has 2 N–H and O–H groups in total. The molecule has 0 spiro atoms. The van der Waals surface area contributed by atoms with Crippen LogP contribution in [0, 0.1) is 5.92 Å². The van der Waals surface area contributed by atoms with Gasteiger partial charge in [-0.25, -0.2) is 0 Å². The van der Waals surface area contributed by atoms with Crippen molar-refractivity contribution in [1.29, 1.82) is 0 Å². The highest BCUT2D eigenvalue weighted by Crippen LogP contribution is 2.31. The van der Waals surface area contributed by atoms with Crippen molar-refractivity contribution in [2.24, 2.45) is 5.92 Å². The van der Waals surface area contributed by atoms with Gasteiger partial charge in [0.05, 0.1) is 13.2 Å². The predicted molar refractivity (Wildman–Crippen MR) is 118 cm³/mol. The largest absolute Gasteiger partial charge is 0.497 e. The fourth-order valence-corrected chi connectivity index (χ4v) is 4.25. The third kappa shape index (κ3) is 5.20. The molecule has 1 saturated heterocycles. The van der Waals surface area contributed by atoms with E-state index in [1.165, 1.54) is 0 Å². The van der Waals surface area contributed by atoms with Gasteiger partial charge in [0.25, 0.3) is 5.91 Å². The second-order valence-corrected chi connectivity index (χ2v) is 8.31. The lowest BCUT2D eigenvalue weighted by atomic mass is 9.82. The zero-order chi connectivity index (χ0) is 21.8. The molecule has 0 bridgehead atoms. The van der Waals surface area contributed by atoms with E-state index in [0.717, 1.165) is 23.3 Å². The number of amides is 2. The Morgan fingerprint density at radius 1 is 1.26 bits per heavy atom. The molecule has 1 saturated carbocycles. The first-order valence-electron chi connectivity index (χ1n) is 10.4. The van der Waals surface area contributed by atoms with E-state index in [-0.39, 0.29) is 35.6 Å². The molecule has 2 fully saturated rings. The Bertz CT molecular complexity index is 989. The van der Waals surface area contributed by atoms with Crippen LogP contribution in [-0.2, 0) is 20.9 Å². The number of benzene rings is 2. The molecule has 0 aromatic heterocycles. The van der Waals surface area contributed by atoms with Crippen LogP contribution in [0.2, 0.25) is 5.02 Å². The van der Waals surface area contributed by atoms with Crippen molar-refractivity contribution in [3.05, 3.63) is 70.4 Å². The molecule has 0 radical (unpaired) electrons. The SMILES string of the molecule is COc1ccc(CNC(=O)C2CCC3O/C(=C\c4cccc(Cl)c4)C(=O)NC3C2)cc1. The van der Waals surface area contributed by atoms with Gasteiger partial charge in [-0.3, -0.25) is 9.59 Å². The number of rotatable bonds is 5. The smallest absolute Gasteiger partial charge is 0.286 e. The fourth-order valence-electron chi connectivity index (χ4n) is 4.05. The number of hydrogen-bond acceptors (Lipinski definition) is 4. The predicted octanol–water partition coefficient (Wildman–Crippen LogP) is 3.69. The van der Waals surface area contributed by atoms with E-state index in [2.05, 4.69) is 10.6 Å². The number of fused-ring (bicyclic) bond motifs is 1. The summed E-state index contributed by atoms with van der Waals surface area (Å²) in [4.78, 5) is 25.2. The average molecular weight is 441 g/mol. The number of ether oxygens (including phenoxy) is 2. The molecule has 1 aliphatic heterocycles.